The smallest absolute Gasteiger partial charge is 0.326 e. The van der Waals surface area contributed by atoms with Crippen LogP contribution in [0.1, 0.15) is 40.7 Å². The molecule has 1 aliphatic rings. The second-order valence-corrected chi connectivity index (χ2v) is 7.60. The van der Waals surface area contributed by atoms with Gasteiger partial charge in [0.1, 0.15) is 11.8 Å². The van der Waals surface area contributed by atoms with Crippen molar-refractivity contribution in [3.8, 4) is 5.75 Å². The predicted octanol–water partition coefficient (Wildman–Crippen LogP) is 2.48. The summed E-state index contributed by atoms with van der Waals surface area (Å²) in [6, 6.07) is 9.06. The molecule has 3 atom stereocenters. The molecule has 0 aromatic heterocycles. The van der Waals surface area contributed by atoms with Gasteiger partial charge in [0.05, 0.1) is 6.04 Å². The maximum absolute atomic E-state index is 13.2. The summed E-state index contributed by atoms with van der Waals surface area (Å²) in [7, 11) is 0. The number of aryl methyl sites for hydroxylation is 2. The number of hydrogen-bond donors (Lipinski definition) is 3. The number of aliphatic carboxylic acids is 1. The Hall–Kier alpha value is -2.86. The number of nitrogens with two attached hydrogens (primary N) is 1. The number of amides is 1. The van der Waals surface area contributed by atoms with Gasteiger partial charge in [0, 0.05) is 18.9 Å². The molecular weight excluding hydrogens is 356 g/mol. The minimum absolute atomic E-state index is 0.171. The van der Waals surface area contributed by atoms with Gasteiger partial charge in [0.25, 0.3) is 0 Å². The van der Waals surface area contributed by atoms with Crippen molar-refractivity contribution in [1.29, 1.82) is 0 Å². The molecule has 0 bridgehead atoms. The maximum Gasteiger partial charge on any atom is 0.326 e. The average molecular weight is 382 g/mol. The fraction of sp³-hybridized carbons (Fsp3) is 0.364. The Morgan fingerprint density at radius 1 is 1.14 bits per heavy atom. The monoisotopic (exact) mass is 382 g/mol. The Morgan fingerprint density at radius 2 is 1.71 bits per heavy atom. The third kappa shape index (κ3) is 3.60. The lowest BCUT2D eigenvalue weighted by molar-refractivity contribution is -0.152. The number of fused-ring (bicyclic) bond motifs is 1. The van der Waals surface area contributed by atoms with Crippen LogP contribution in [-0.2, 0) is 22.6 Å². The van der Waals surface area contributed by atoms with Crippen LogP contribution in [0.15, 0.2) is 36.4 Å². The average Bonchev–Trinajstić information content (AvgIpc) is 2.64. The highest BCUT2D eigenvalue weighted by atomic mass is 16.4. The molecule has 1 heterocycles. The number of nitrogens with zero attached hydrogens (tertiary/aromatic N) is 1. The second-order valence-electron chi connectivity index (χ2n) is 7.60. The molecule has 1 amide bonds. The summed E-state index contributed by atoms with van der Waals surface area (Å²) in [5.74, 6) is -1.55. The molecule has 1 aliphatic heterocycles. The number of hydrogen-bond acceptors (Lipinski definition) is 4. The van der Waals surface area contributed by atoms with Gasteiger partial charge in [-0.05, 0) is 53.8 Å². The van der Waals surface area contributed by atoms with Gasteiger partial charge in [-0.15, -0.1) is 0 Å². The summed E-state index contributed by atoms with van der Waals surface area (Å²) in [4.78, 5) is 26.4. The van der Waals surface area contributed by atoms with E-state index in [0.717, 1.165) is 27.8 Å². The summed E-state index contributed by atoms with van der Waals surface area (Å²) < 4.78 is 0. The van der Waals surface area contributed by atoms with Crippen LogP contribution in [0, 0.1) is 13.8 Å². The lowest BCUT2D eigenvalue weighted by Crippen LogP contribution is -2.55. The lowest BCUT2D eigenvalue weighted by Gasteiger charge is -2.37. The number of carboxylic acid groups (broad SMARTS) is 1. The Morgan fingerprint density at radius 3 is 2.29 bits per heavy atom. The van der Waals surface area contributed by atoms with E-state index in [2.05, 4.69) is 0 Å². The van der Waals surface area contributed by atoms with Crippen LogP contribution in [-0.4, -0.2) is 39.1 Å². The van der Waals surface area contributed by atoms with E-state index in [-0.39, 0.29) is 30.5 Å². The molecule has 0 radical (unpaired) electrons. The highest BCUT2D eigenvalue weighted by Crippen LogP contribution is 2.31. The van der Waals surface area contributed by atoms with Crippen LogP contribution >= 0.6 is 0 Å². The Kier molecular flexibility index (Phi) is 5.42. The topological polar surface area (TPSA) is 104 Å². The Bertz CT molecular complexity index is 901. The number of rotatable bonds is 4. The molecule has 6 nitrogen and oxygen atoms in total. The van der Waals surface area contributed by atoms with Gasteiger partial charge in [-0.3, -0.25) is 4.79 Å². The fourth-order valence-corrected chi connectivity index (χ4v) is 4.23. The van der Waals surface area contributed by atoms with Crippen molar-refractivity contribution in [2.45, 2.75) is 51.7 Å². The van der Waals surface area contributed by atoms with Gasteiger partial charge in [0.2, 0.25) is 5.91 Å². The first-order valence-corrected chi connectivity index (χ1v) is 9.36. The first kappa shape index (κ1) is 19.9. The quantitative estimate of drug-likeness (QED) is 0.754. The highest BCUT2D eigenvalue weighted by molar-refractivity contribution is 5.88. The van der Waals surface area contributed by atoms with Crippen molar-refractivity contribution in [2.24, 2.45) is 5.73 Å². The molecule has 0 aliphatic carbocycles. The molecule has 3 rings (SSSR count). The zero-order chi connectivity index (χ0) is 20.6. The van der Waals surface area contributed by atoms with E-state index in [1.54, 1.807) is 12.1 Å². The Labute approximate surface area is 164 Å². The third-order valence-electron chi connectivity index (χ3n) is 5.67. The molecule has 0 spiro atoms. The predicted molar refractivity (Wildman–Crippen MR) is 106 cm³/mol. The molecule has 0 saturated heterocycles. The van der Waals surface area contributed by atoms with Crippen molar-refractivity contribution >= 4 is 11.9 Å². The molecule has 4 N–H and O–H groups in total. The van der Waals surface area contributed by atoms with Gasteiger partial charge in [-0.2, -0.15) is 0 Å². The minimum atomic E-state index is -1.03. The van der Waals surface area contributed by atoms with Crippen molar-refractivity contribution < 1.29 is 19.8 Å². The summed E-state index contributed by atoms with van der Waals surface area (Å²) in [5.41, 5.74) is 10.8. The number of phenolic OH excluding ortho intramolecular Hbond substituents is 1. The number of carbonyl (C=O) groups excluding carboxylic acids is 1. The summed E-state index contributed by atoms with van der Waals surface area (Å²) in [5, 5.41) is 19.4. The van der Waals surface area contributed by atoms with Gasteiger partial charge < -0.3 is 20.8 Å². The van der Waals surface area contributed by atoms with Crippen LogP contribution in [0.5, 0.6) is 5.75 Å². The van der Waals surface area contributed by atoms with E-state index in [1.807, 2.05) is 45.0 Å². The maximum atomic E-state index is 13.2. The Balaban J connectivity index is 1.90. The fourth-order valence-electron chi connectivity index (χ4n) is 4.23. The molecule has 148 valence electrons. The molecule has 2 aromatic rings. The standard InChI is InChI=1S/C22H26N2O4/c1-12-8-17(25)9-13(2)19(12)14(3)20(23)21(26)24-11-16-7-5-4-6-15(16)10-18(24)22(27)28/h4-9,14,18,20,25H,10-11,23H2,1-3H3,(H,27,28)/t14-,18+,20+/m1/s1. The van der Waals surface area contributed by atoms with E-state index in [9.17, 15) is 19.8 Å². The first-order chi connectivity index (χ1) is 13.2. The van der Waals surface area contributed by atoms with Crippen molar-refractivity contribution in [3.63, 3.8) is 0 Å². The van der Waals surface area contributed by atoms with Gasteiger partial charge in [-0.1, -0.05) is 31.2 Å². The molecule has 2 aromatic carbocycles. The largest absolute Gasteiger partial charge is 0.508 e. The van der Waals surface area contributed by atoms with E-state index >= 15 is 0 Å². The molecule has 6 heteroatoms. The van der Waals surface area contributed by atoms with Crippen LogP contribution in [0.4, 0.5) is 0 Å². The van der Waals surface area contributed by atoms with Crippen molar-refractivity contribution in [2.75, 3.05) is 0 Å². The number of benzene rings is 2. The SMILES string of the molecule is Cc1cc(O)cc(C)c1[C@@H](C)[C@H](N)C(=O)N1Cc2ccccc2C[C@H]1C(=O)O. The number of carboxylic acids is 1. The first-order valence-electron chi connectivity index (χ1n) is 9.36. The van der Waals surface area contributed by atoms with Crippen molar-refractivity contribution in [1.82, 2.24) is 4.90 Å². The molecular formula is C22H26N2O4. The number of phenols is 1. The van der Waals surface area contributed by atoms with Gasteiger partial charge in [0.15, 0.2) is 0 Å². The normalized spacial score (nSPS) is 18.3. The second kappa shape index (κ2) is 7.64. The van der Waals surface area contributed by atoms with Gasteiger partial charge >= 0.3 is 5.97 Å². The van der Waals surface area contributed by atoms with Crippen molar-refractivity contribution in [3.05, 3.63) is 64.2 Å². The van der Waals surface area contributed by atoms with E-state index in [1.165, 1.54) is 4.90 Å². The van der Waals surface area contributed by atoms with E-state index in [0.29, 0.717) is 0 Å². The van der Waals surface area contributed by atoms with E-state index < -0.39 is 18.1 Å². The van der Waals surface area contributed by atoms with Crippen LogP contribution < -0.4 is 5.73 Å². The third-order valence-corrected chi connectivity index (χ3v) is 5.67. The zero-order valence-corrected chi connectivity index (χ0v) is 16.3. The van der Waals surface area contributed by atoms with Crippen LogP contribution in [0.25, 0.3) is 0 Å². The number of aromatic hydroxyl groups is 1. The summed E-state index contributed by atoms with van der Waals surface area (Å²) in [6.45, 7) is 5.84. The van der Waals surface area contributed by atoms with Gasteiger partial charge in [-0.25, -0.2) is 4.79 Å². The molecule has 0 fully saturated rings. The molecule has 0 saturated carbocycles. The lowest BCUT2D eigenvalue weighted by atomic mass is 9.85. The zero-order valence-electron chi connectivity index (χ0n) is 16.3. The summed E-state index contributed by atoms with van der Waals surface area (Å²) in [6.07, 6.45) is 0.273. The highest BCUT2D eigenvalue weighted by Gasteiger charge is 2.38. The molecule has 28 heavy (non-hydrogen) atoms. The number of carbonyl (C=O) groups is 2. The summed E-state index contributed by atoms with van der Waals surface area (Å²) >= 11 is 0. The van der Waals surface area contributed by atoms with Crippen LogP contribution in [0.3, 0.4) is 0 Å². The minimum Gasteiger partial charge on any atom is -0.508 e. The van der Waals surface area contributed by atoms with Crippen LogP contribution in [0.2, 0.25) is 0 Å². The van der Waals surface area contributed by atoms with E-state index in [4.69, 9.17) is 5.73 Å². The molecule has 0 unspecified atom stereocenters.